The number of ether oxygens (including phenoxy) is 1. The van der Waals surface area contributed by atoms with E-state index in [0.717, 1.165) is 30.9 Å². The van der Waals surface area contributed by atoms with E-state index in [2.05, 4.69) is 18.7 Å². The van der Waals surface area contributed by atoms with Crippen LogP contribution in [0.4, 0.5) is 0 Å². The van der Waals surface area contributed by atoms with Gasteiger partial charge < -0.3 is 9.84 Å². The maximum atomic E-state index is 12.2. The van der Waals surface area contributed by atoms with Gasteiger partial charge in [0.05, 0.1) is 6.61 Å². The summed E-state index contributed by atoms with van der Waals surface area (Å²) in [6, 6.07) is 8.35. The van der Waals surface area contributed by atoms with E-state index in [9.17, 15) is 13.5 Å². The molecule has 0 heterocycles. The van der Waals surface area contributed by atoms with Crippen LogP contribution in [0.1, 0.15) is 50.0 Å². The first kappa shape index (κ1) is 18.1. The first-order valence-electron chi connectivity index (χ1n) is 9.75. The highest BCUT2D eigenvalue weighted by Crippen LogP contribution is 2.54. The lowest BCUT2D eigenvalue weighted by Crippen LogP contribution is -2.28. The fraction of sp³-hybridized carbons (Fsp3) is 0.619. The van der Waals surface area contributed by atoms with Gasteiger partial charge in [0, 0.05) is 16.7 Å². The molecule has 0 radical (unpaired) electrons. The lowest BCUT2D eigenvalue weighted by Gasteiger charge is -2.27. The smallest absolute Gasteiger partial charge is 0.197 e. The molecule has 4 rings (SSSR count). The van der Waals surface area contributed by atoms with E-state index in [-0.39, 0.29) is 16.7 Å². The summed E-state index contributed by atoms with van der Waals surface area (Å²) in [7, 11) is -3.64. The van der Waals surface area contributed by atoms with Gasteiger partial charge in [-0.25, -0.2) is 8.42 Å². The van der Waals surface area contributed by atoms with Crippen molar-refractivity contribution in [2.45, 2.75) is 44.4 Å². The van der Waals surface area contributed by atoms with Gasteiger partial charge in [0.2, 0.25) is 0 Å². The van der Waals surface area contributed by atoms with Crippen molar-refractivity contribution in [2.24, 2.45) is 23.7 Å². The monoisotopic (exact) mass is 376 g/mol. The van der Waals surface area contributed by atoms with E-state index in [1.54, 1.807) is 0 Å². The maximum absolute atomic E-state index is 12.2. The molecule has 0 bridgehead atoms. The van der Waals surface area contributed by atoms with Gasteiger partial charge in [-0.15, -0.1) is 0 Å². The summed E-state index contributed by atoms with van der Waals surface area (Å²) < 4.78 is 30.4. The summed E-state index contributed by atoms with van der Waals surface area (Å²) >= 11 is 0. The fourth-order valence-corrected chi connectivity index (χ4v) is 5.56. The number of aliphatic hydroxyl groups is 1. The number of rotatable bonds is 7. The Hall–Kier alpha value is -1.33. The third kappa shape index (κ3) is 3.70. The van der Waals surface area contributed by atoms with Crippen LogP contribution in [0.5, 0.6) is 5.75 Å². The van der Waals surface area contributed by atoms with Gasteiger partial charge in [-0.1, -0.05) is 31.6 Å². The molecular weight excluding hydrogens is 348 g/mol. The summed E-state index contributed by atoms with van der Waals surface area (Å²) in [5.74, 6) is 2.01. The van der Waals surface area contributed by atoms with E-state index in [4.69, 9.17) is 4.74 Å². The van der Waals surface area contributed by atoms with Crippen LogP contribution in [0, 0.1) is 23.7 Å². The first-order chi connectivity index (χ1) is 12.5. The molecule has 0 aromatic heterocycles. The minimum atomic E-state index is -3.64. The van der Waals surface area contributed by atoms with Crippen molar-refractivity contribution < 1.29 is 18.3 Å². The third-order valence-corrected chi connectivity index (χ3v) is 7.93. The number of benzene rings is 1. The van der Waals surface area contributed by atoms with E-state index >= 15 is 0 Å². The summed E-state index contributed by atoms with van der Waals surface area (Å²) in [6.07, 6.45) is 6.75. The highest BCUT2D eigenvalue weighted by Gasteiger charge is 2.49. The molecule has 3 aliphatic carbocycles. The molecule has 4 nitrogen and oxygen atoms in total. The van der Waals surface area contributed by atoms with Gasteiger partial charge in [-0.3, -0.25) is 0 Å². The second-order valence-corrected chi connectivity index (χ2v) is 10.2. The molecule has 0 saturated heterocycles. The van der Waals surface area contributed by atoms with Crippen LogP contribution < -0.4 is 4.74 Å². The molecule has 4 unspecified atom stereocenters. The molecule has 0 spiro atoms. The molecule has 3 saturated carbocycles. The number of allylic oxidation sites excluding steroid dienone is 1. The number of aliphatic hydroxyl groups excluding tert-OH is 1. The Kier molecular flexibility index (Phi) is 4.86. The van der Waals surface area contributed by atoms with Crippen LogP contribution in [0.3, 0.4) is 0 Å². The Morgan fingerprint density at radius 2 is 1.88 bits per heavy atom. The molecule has 3 aliphatic rings. The van der Waals surface area contributed by atoms with Crippen molar-refractivity contribution in [3.8, 4) is 5.75 Å². The van der Waals surface area contributed by atoms with Gasteiger partial charge in [-0.05, 0) is 61.1 Å². The predicted octanol–water partition coefficient (Wildman–Crippen LogP) is 3.87. The molecule has 0 aliphatic heterocycles. The minimum Gasteiger partial charge on any atom is -0.493 e. The average Bonchev–Trinajstić information content (AvgIpc) is 3.53. The molecule has 0 amide bonds. The standard InChI is InChI=1S/C21H28O4S/c1-14(26(23,24)13-22)19-4-2-3-17-11-20(17)21(19)12-25-18-9-7-16(8-10-18)15-5-6-15/h7-10,15,17,19-22H,1-6,11-13H2. The van der Waals surface area contributed by atoms with Gasteiger partial charge in [0.25, 0.3) is 0 Å². The van der Waals surface area contributed by atoms with Gasteiger partial charge in [-0.2, -0.15) is 0 Å². The molecule has 142 valence electrons. The number of hydrogen-bond acceptors (Lipinski definition) is 4. The van der Waals surface area contributed by atoms with E-state index in [0.29, 0.717) is 18.4 Å². The second-order valence-electron chi connectivity index (χ2n) is 8.23. The summed E-state index contributed by atoms with van der Waals surface area (Å²) in [5.41, 5.74) is 1.38. The zero-order chi connectivity index (χ0) is 18.3. The van der Waals surface area contributed by atoms with Gasteiger partial charge in [0.15, 0.2) is 9.84 Å². The third-order valence-electron chi connectivity index (χ3n) is 6.49. The van der Waals surface area contributed by atoms with Crippen molar-refractivity contribution >= 4 is 9.84 Å². The Bertz CT molecular complexity index is 764. The highest BCUT2D eigenvalue weighted by molar-refractivity contribution is 7.95. The van der Waals surface area contributed by atoms with Crippen LogP contribution in [-0.4, -0.2) is 26.1 Å². The largest absolute Gasteiger partial charge is 0.493 e. The summed E-state index contributed by atoms with van der Waals surface area (Å²) in [5, 5.41) is 9.23. The van der Waals surface area contributed by atoms with Gasteiger partial charge >= 0.3 is 0 Å². The summed E-state index contributed by atoms with van der Waals surface area (Å²) in [4.78, 5) is 0.199. The van der Waals surface area contributed by atoms with Crippen LogP contribution in [-0.2, 0) is 9.84 Å². The zero-order valence-electron chi connectivity index (χ0n) is 15.1. The predicted molar refractivity (Wildman–Crippen MR) is 101 cm³/mol. The molecule has 4 atom stereocenters. The minimum absolute atomic E-state index is 0.115. The van der Waals surface area contributed by atoms with Crippen molar-refractivity contribution in [3.05, 3.63) is 41.3 Å². The quantitative estimate of drug-likeness (QED) is 0.784. The molecule has 5 heteroatoms. The molecule has 26 heavy (non-hydrogen) atoms. The second kappa shape index (κ2) is 7.01. The number of fused-ring (bicyclic) bond motifs is 1. The van der Waals surface area contributed by atoms with Crippen LogP contribution in [0.15, 0.2) is 35.7 Å². The van der Waals surface area contributed by atoms with Crippen LogP contribution in [0.2, 0.25) is 0 Å². The molecule has 1 aromatic rings. The van der Waals surface area contributed by atoms with Crippen molar-refractivity contribution in [1.82, 2.24) is 0 Å². The van der Waals surface area contributed by atoms with Crippen LogP contribution in [0.25, 0.3) is 0 Å². The molecule has 3 fully saturated rings. The Balaban J connectivity index is 1.46. The van der Waals surface area contributed by atoms with Crippen molar-refractivity contribution in [3.63, 3.8) is 0 Å². The Morgan fingerprint density at radius 3 is 2.54 bits per heavy atom. The van der Waals surface area contributed by atoms with E-state index in [1.165, 1.54) is 24.8 Å². The molecule has 1 aromatic carbocycles. The highest BCUT2D eigenvalue weighted by atomic mass is 32.2. The lowest BCUT2D eigenvalue weighted by atomic mass is 9.86. The molecular formula is C21H28O4S. The SMILES string of the molecule is C=C(C1CCCC2CC2C1COc1ccc(C2CC2)cc1)S(=O)(=O)CO. The summed E-state index contributed by atoms with van der Waals surface area (Å²) in [6.45, 7) is 4.38. The van der Waals surface area contributed by atoms with Gasteiger partial charge in [0.1, 0.15) is 11.7 Å². The Labute approximate surface area is 156 Å². The zero-order valence-corrected chi connectivity index (χ0v) is 16.0. The fourth-order valence-electron chi connectivity index (χ4n) is 4.64. The maximum Gasteiger partial charge on any atom is 0.197 e. The average molecular weight is 377 g/mol. The first-order valence-corrected chi connectivity index (χ1v) is 11.4. The normalized spacial score (nSPS) is 31.0. The Morgan fingerprint density at radius 1 is 1.15 bits per heavy atom. The van der Waals surface area contributed by atoms with E-state index in [1.807, 2.05) is 12.1 Å². The van der Waals surface area contributed by atoms with Crippen molar-refractivity contribution in [1.29, 1.82) is 0 Å². The number of sulfone groups is 1. The lowest BCUT2D eigenvalue weighted by molar-refractivity contribution is 0.188. The van der Waals surface area contributed by atoms with Crippen molar-refractivity contribution in [2.75, 3.05) is 12.5 Å². The van der Waals surface area contributed by atoms with Crippen LogP contribution >= 0.6 is 0 Å². The number of hydrogen-bond donors (Lipinski definition) is 1. The van der Waals surface area contributed by atoms with E-state index < -0.39 is 15.8 Å². The molecule has 1 N–H and O–H groups in total. The topological polar surface area (TPSA) is 63.6 Å².